The van der Waals surface area contributed by atoms with Gasteiger partial charge in [-0.15, -0.1) is 5.10 Å². The maximum absolute atomic E-state index is 13.2. The standard InChI is InChI=1S/C20H28FN3O/c1-14(10-11-16-18(25)9-6-12-20(16,3)4)7-5-8-15(2)13-17-19(21)23-24-22-17/h5,7-8,13,25H,6,9-12H2,1-4H3,(H,22,23,24)/b8-5+,14-7+,15-13+. The number of H-pyrrole nitrogens is 1. The van der Waals surface area contributed by atoms with Crippen LogP contribution in [0.2, 0.25) is 0 Å². The van der Waals surface area contributed by atoms with Crippen LogP contribution in [-0.2, 0) is 0 Å². The van der Waals surface area contributed by atoms with Crippen LogP contribution in [0.25, 0.3) is 6.08 Å². The highest BCUT2D eigenvalue weighted by Crippen LogP contribution is 2.41. The summed E-state index contributed by atoms with van der Waals surface area (Å²) in [5, 5.41) is 19.5. The van der Waals surface area contributed by atoms with Crippen LogP contribution in [0.3, 0.4) is 0 Å². The molecular formula is C20H28FN3O. The minimum Gasteiger partial charge on any atom is -0.512 e. The lowest BCUT2D eigenvalue weighted by atomic mass is 9.73. The molecule has 0 spiro atoms. The van der Waals surface area contributed by atoms with Crippen LogP contribution in [0.5, 0.6) is 0 Å². The molecule has 1 aromatic heterocycles. The first-order valence-corrected chi connectivity index (χ1v) is 8.80. The Morgan fingerprint density at radius 2 is 2.12 bits per heavy atom. The van der Waals surface area contributed by atoms with E-state index in [-0.39, 0.29) is 11.1 Å². The van der Waals surface area contributed by atoms with E-state index < -0.39 is 5.95 Å². The van der Waals surface area contributed by atoms with Crippen molar-refractivity contribution in [3.63, 3.8) is 0 Å². The predicted molar refractivity (Wildman–Crippen MR) is 99.4 cm³/mol. The first-order chi connectivity index (χ1) is 11.8. The van der Waals surface area contributed by atoms with E-state index in [2.05, 4.69) is 42.3 Å². The molecule has 0 amide bonds. The van der Waals surface area contributed by atoms with Gasteiger partial charge in [0.15, 0.2) is 0 Å². The molecule has 1 aliphatic rings. The average Bonchev–Trinajstić information content (AvgIpc) is 2.91. The van der Waals surface area contributed by atoms with Gasteiger partial charge >= 0.3 is 0 Å². The van der Waals surface area contributed by atoms with Crippen LogP contribution in [0.1, 0.15) is 65.5 Å². The van der Waals surface area contributed by atoms with E-state index in [1.165, 1.54) is 11.1 Å². The third-order valence-electron chi connectivity index (χ3n) is 4.79. The van der Waals surface area contributed by atoms with Gasteiger partial charge in [-0.05, 0) is 62.2 Å². The van der Waals surface area contributed by atoms with Gasteiger partial charge in [-0.2, -0.15) is 4.39 Å². The second-order valence-electron chi connectivity index (χ2n) is 7.43. The van der Waals surface area contributed by atoms with Crippen LogP contribution in [0.15, 0.2) is 40.7 Å². The molecule has 0 atom stereocenters. The Balaban J connectivity index is 1.93. The van der Waals surface area contributed by atoms with Gasteiger partial charge in [-0.1, -0.05) is 42.9 Å². The van der Waals surface area contributed by atoms with Gasteiger partial charge in [0.05, 0.1) is 5.76 Å². The van der Waals surface area contributed by atoms with Crippen molar-refractivity contribution in [2.24, 2.45) is 5.41 Å². The van der Waals surface area contributed by atoms with Gasteiger partial charge in [0.1, 0.15) is 5.69 Å². The molecule has 1 heterocycles. The van der Waals surface area contributed by atoms with E-state index in [1.54, 1.807) is 6.08 Å². The van der Waals surface area contributed by atoms with Crippen molar-refractivity contribution in [2.45, 2.75) is 59.8 Å². The third-order valence-corrected chi connectivity index (χ3v) is 4.79. The van der Waals surface area contributed by atoms with Crippen molar-refractivity contribution in [1.29, 1.82) is 0 Å². The molecule has 0 aliphatic heterocycles. The fourth-order valence-corrected chi connectivity index (χ4v) is 3.22. The van der Waals surface area contributed by atoms with Crippen LogP contribution in [-0.4, -0.2) is 20.5 Å². The zero-order chi connectivity index (χ0) is 18.4. The van der Waals surface area contributed by atoms with E-state index >= 15 is 0 Å². The van der Waals surface area contributed by atoms with Crippen molar-refractivity contribution in [3.8, 4) is 0 Å². The first kappa shape index (κ1) is 19.2. The Hall–Kier alpha value is -2.17. The summed E-state index contributed by atoms with van der Waals surface area (Å²) in [6.45, 7) is 8.41. The molecular weight excluding hydrogens is 317 g/mol. The summed E-state index contributed by atoms with van der Waals surface area (Å²) in [4.78, 5) is 0. The topological polar surface area (TPSA) is 61.8 Å². The Morgan fingerprint density at radius 1 is 1.36 bits per heavy atom. The van der Waals surface area contributed by atoms with E-state index in [1.807, 2.05) is 19.1 Å². The molecule has 5 heteroatoms. The summed E-state index contributed by atoms with van der Waals surface area (Å²) >= 11 is 0. The zero-order valence-corrected chi connectivity index (χ0v) is 15.6. The lowest BCUT2D eigenvalue weighted by Gasteiger charge is -2.33. The van der Waals surface area contributed by atoms with Gasteiger partial charge in [-0.25, -0.2) is 5.10 Å². The van der Waals surface area contributed by atoms with E-state index in [9.17, 15) is 9.50 Å². The largest absolute Gasteiger partial charge is 0.512 e. The number of aliphatic hydroxyl groups is 1. The first-order valence-electron chi connectivity index (χ1n) is 8.80. The van der Waals surface area contributed by atoms with Crippen molar-refractivity contribution in [2.75, 3.05) is 0 Å². The molecule has 1 aromatic rings. The maximum atomic E-state index is 13.2. The quantitative estimate of drug-likeness (QED) is 0.655. The van der Waals surface area contributed by atoms with Gasteiger partial charge < -0.3 is 5.11 Å². The summed E-state index contributed by atoms with van der Waals surface area (Å²) < 4.78 is 13.2. The molecule has 0 bridgehead atoms. The Bertz CT molecular complexity index is 723. The minimum atomic E-state index is -0.525. The van der Waals surface area contributed by atoms with Gasteiger partial charge in [-0.3, -0.25) is 0 Å². The van der Waals surface area contributed by atoms with Gasteiger partial charge in [0.25, 0.3) is 0 Å². The summed E-state index contributed by atoms with van der Waals surface area (Å²) in [5.74, 6) is 0.0654. The average molecular weight is 345 g/mol. The minimum absolute atomic E-state index is 0.0967. The highest BCUT2D eigenvalue weighted by molar-refractivity contribution is 5.51. The monoisotopic (exact) mass is 345 g/mol. The molecule has 0 unspecified atom stereocenters. The maximum Gasteiger partial charge on any atom is 0.236 e. The van der Waals surface area contributed by atoms with Gasteiger partial charge in [0, 0.05) is 6.42 Å². The Labute approximate surface area is 149 Å². The highest BCUT2D eigenvalue weighted by atomic mass is 19.1. The molecule has 0 saturated carbocycles. The second kappa shape index (κ2) is 8.28. The van der Waals surface area contributed by atoms with Gasteiger partial charge in [0.2, 0.25) is 5.95 Å². The summed E-state index contributed by atoms with van der Waals surface area (Å²) in [7, 11) is 0. The fourth-order valence-electron chi connectivity index (χ4n) is 3.22. The van der Waals surface area contributed by atoms with Crippen molar-refractivity contribution >= 4 is 6.08 Å². The number of hydrogen-bond acceptors (Lipinski definition) is 3. The molecule has 0 saturated heterocycles. The third kappa shape index (κ3) is 5.41. The molecule has 0 fully saturated rings. The zero-order valence-electron chi connectivity index (χ0n) is 15.6. The second-order valence-corrected chi connectivity index (χ2v) is 7.43. The highest BCUT2D eigenvalue weighted by Gasteiger charge is 2.29. The van der Waals surface area contributed by atoms with Crippen molar-refractivity contribution in [1.82, 2.24) is 15.4 Å². The SMILES string of the molecule is CC(/C=C/C=C(\C)CCC1=C(O)CCCC1(C)C)=C\c1nn[nH]c1F. The number of allylic oxidation sites excluding steroid dienone is 7. The van der Waals surface area contributed by atoms with Crippen LogP contribution >= 0.6 is 0 Å². The predicted octanol–water partition coefficient (Wildman–Crippen LogP) is 5.65. The Kier molecular flexibility index (Phi) is 6.34. The van der Waals surface area contributed by atoms with E-state index in [4.69, 9.17) is 0 Å². The molecule has 0 radical (unpaired) electrons. The normalized spacial score (nSPS) is 19.1. The molecule has 4 nitrogen and oxygen atoms in total. The smallest absolute Gasteiger partial charge is 0.236 e. The molecule has 1 aliphatic carbocycles. The molecule has 0 aromatic carbocycles. The number of hydrogen-bond donors (Lipinski definition) is 2. The summed E-state index contributed by atoms with van der Waals surface area (Å²) in [6, 6.07) is 0. The number of nitrogens with zero attached hydrogens (tertiary/aromatic N) is 2. The molecule has 2 N–H and O–H groups in total. The Morgan fingerprint density at radius 3 is 2.76 bits per heavy atom. The van der Waals surface area contributed by atoms with E-state index in [0.29, 0.717) is 5.76 Å². The van der Waals surface area contributed by atoms with Crippen molar-refractivity contribution < 1.29 is 9.50 Å². The number of aromatic nitrogens is 3. The number of aliphatic hydroxyl groups excluding tert-OH is 1. The number of halogens is 1. The molecule has 136 valence electrons. The van der Waals surface area contributed by atoms with Crippen LogP contribution in [0, 0.1) is 11.4 Å². The lowest BCUT2D eigenvalue weighted by Crippen LogP contribution is -2.21. The number of rotatable bonds is 6. The van der Waals surface area contributed by atoms with Crippen molar-refractivity contribution in [3.05, 3.63) is 52.3 Å². The van der Waals surface area contributed by atoms with Crippen LogP contribution < -0.4 is 0 Å². The number of nitrogens with one attached hydrogen (secondary N) is 1. The fraction of sp³-hybridized carbons (Fsp3) is 0.500. The number of aromatic amines is 1. The van der Waals surface area contributed by atoms with Crippen LogP contribution in [0.4, 0.5) is 4.39 Å². The lowest BCUT2D eigenvalue weighted by molar-refractivity contribution is 0.277. The summed E-state index contributed by atoms with van der Waals surface area (Å²) in [5.41, 5.74) is 3.65. The summed E-state index contributed by atoms with van der Waals surface area (Å²) in [6.07, 6.45) is 12.4. The molecule has 25 heavy (non-hydrogen) atoms. The van der Waals surface area contributed by atoms with E-state index in [0.717, 1.165) is 37.7 Å². The molecule has 2 rings (SSSR count).